The maximum Gasteiger partial charge on any atom is 0.135 e. The van der Waals surface area contributed by atoms with E-state index in [1.807, 2.05) is 30.5 Å². The van der Waals surface area contributed by atoms with Crippen molar-refractivity contribution in [1.29, 1.82) is 0 Å². The summed E-state index contributed by atoms with van der Waals surface area (Å²) in [5.41, 5.74) is 0.650. The lowest BCUT2D eigenvalue weighted by molar-refractivity contribution is 0.600. The van der Waals surface area contributed by atoms with E-state index in [0.29, 0.717) is 5.56 Å². The predicted octanol–water partition coefficient (Wildman–Crippen LogP) is 4.61. The number of nitrogens with one attached hydrogen (secondary N) is 1. The third kappa shape index (κ3) is 2.31. The highest BCUT2D eigenvalue weighted by molar-refractivity contribution is 7.17. The molecule has 1 N–H and O–H groups in total. The lowest BCUT2D eigenvalue weighted by Crippen LogP contribution is -2.09. The zero-order valence-corrected chi connectivity index (χ0v) is 11.2. The van der Waals surface area contributed by atoms with Crippen molar-refractivity contribution in [2.24, 2.45) is 0 Å². The molecule has 4 heteroatoms. The smallest absolute Gasteiger partial charge is 0.135 e. The van der Waals surface area contributed by atoms with Crippen LogP contribution in [0, 0.1) is 5.82 Å². The van der Waals surface area contributed by atoms with Gasteiger partial charge in [0.1, 0.15) is 11.6 Å². The Labute approximate surface area is 114 Å². The average molecular weight is 272 g/mol. The Balaban J connectivity index is 1.93. The second-order valence-electron chi connectivity index (χ2n) is 4.38. The van der Waals surface area contributed by atoms with Crippen molar-refractivity contribution in [1.82, 2.24) is 4.98 Å². The number of nitrogens with zero attached hydrogens (tertiary/aromatic N) is 1. The Hall–Kier alpha value is -1.94. The van der Waals surface area contributed by atoms with Crippen LogP contribution in [0.1, 0.15) is 18.5 Å². The summed E-state index contributed by atoms with van der Waals surface area (Å²) in [4.78, 5) is 4.35. The summed E-state index contributed by atoms with van der Waals surface area (Å²) in [7, 11) is 0. The van der Waals surface area contributed by atoms with Crippen molar-refractivity contribution >= 4 is 27.2 Å². The largest absolute Gasteiger partial charge is 0.363 e. The van der Waals surface area contributed by atoms with E-state index < -0.39 is 0 Å². The quantitative estimate of drug-likeness (QED) is 0.753. The molecule has 2 nitrogen and oxygen atoms in total. The van der Waals surface area contributed by atoms with Crippen LogP contribution in [0.5, 0.6) is 0 Å². The molecule has 19 heavy (non-hydrogen) atoms. The maximum atomic E-state index is 13.7. The molecule has 1 aromatic carbocycles. The number of fused-ring (bicyclic) bond motifs is 1. The molecule has 1 atom stereocenters. The molecular formula is C15H13FN2S. The molecule has 96 valence electrons. The molecule has 1 unspecified atom stereocenters. The predicted molar refractivity (Wildman–Crippen MR) is 78.1 cm³/mol. The normalized spacial score (nSPS) is 12.5. The van der Waals surface area contributed by atoms with Gasteiger partial charge in [0.05, 0.1) is 6.04 Å². The molecule has 2 heterocycles. The van der Waals surface area contributed by atoms with Crippen LogP contribution >= 0.6 is 11.3 Å². The van der Waals surface area contributed by atoms with Crippen molar-refractivity contribution in [3.63, 3.8) is 0 Å². The lowest BCUT2D eigenvalue weighted by Gasteiger charge is -2.16. The molecule has 0 aliphatic rings. The summed E-state index contributed by atoms with van der Waals surface area (Å²) in [6.45, 7) is 1.94. The molecule has 0 saturated heterocycles. The van der Waals surface area contributed by atoms with Gasteiger partial charge in [-0.25, -0.2) is 9.37 Å². The fourth-order valence-corrected chi connectivity index (χ4v) is 2.90. The minimum Gasteiger partial charge on any atom is -0.363 e. The Bertz CT molecular complexity index is 708. The summed E-state index contributed by atoms with van der Waals surface area (Å²) < 4.78 is 14.9. The van der Waals surface area contributed by atoms with E-state index in [1.54, 1.807) is 29.7 Å². The number of benzene rings is 1. The van der Waals surface area contributed by atoms with E-state index in [2.05, 4.69) is 10.3 Å². The molecule has 0 aliphatic heterocycles. The zero-order chi connectivity index (χ0) is 13.2. The number of anilines is 1. The van der Waals surface area contributed by atoms with Crippen LogP contribution in [-0.2, 0) is 0 Å². The van der Waals surface area contributed by atoms with Gasteiger partial charge >= 0.3 is 0 Å². The van der Waals surface area contributed by atoms with Crippen LogP contribution < -0.4 is 5.32 Å². The summed E-state index contributed by atoms with van der Waals surface area (Å²) >= 11 is 1.67. The highest BCUT2D eigenvalue weighted by atomic mass is 32.1. The minimum absolute atomic E-state index is 0.126. The fourth-order valence-electron chi connectivity index (χ4n) is 2.12. The average Bonchev–Trinajstić information content (AvgIpc) is 2.88. The molecular weight excluding hydrogens is 259 g/mol. The van der Waals surface area contributed by atoms with E-state index >= 15 is 0 Å². The van der Waals surface area contributed by atoms with Gasteiger partial charge in [-0.05, 0) is 30.5 Å². The van der Waals surface area contributed by atoms with E-state index in [-0.39, 0.29) is 11.9 Å². The van der Waals surface area contributed by atoms with Crippen molar-refractivity contribution in [2.75, 3.05) is 5.32 Å². The first-order chi connectivity index (χ1) is 9.25. The van der Waals surface area contributed by atoms with Gasteiger partial charge in [0.2, 0.25) is 0 Å². The molecule has 0 saturated carbocycles. The molecule has 0 radical (unpaired) electrons. The van der Waals surface area contributed by atoms with Crippen molar-refractivity contribution < 1.29 is 4.39 Å². The lowest BCUT2D eigenvalue weighted by atomic mass is 10.1. The molecule has 2 aromatic heterocycles. The fraction of sp³-hybridized carbons (Fsp3) is 0.133. The van der Waals surface area contributed by atoms with Crippen LogP contribution in [0.3, 0.4) is 0 Å². The first kappa shape index (κ1) is 12.1. The van der Waals surface area contributed by atoms with Crippen molar-refractivity contribution in [3.05, 3.63) is 59.4 Å². The molecule has 3 aromatic rings. The van der Waals surface area contributed by atoms with Gasteiger partial charge in [-0.3, -0.25) is 0 Å². The maximum absolute atomic E-state index is 13.7. The minimum atomic E-state index is -0.194. The van der Waals surface area contributed by atoms with Crippen LogP contribution in [0.2, 0.25) is 0 Å². The number of rotatable bonds is 3. The van der Waals surface area contributed by atoms with Crippen LogP contribution in [0.4, 0.5) is 10.2 Å². The Morgan fingerprint density at radius 1 is 1.21 bits per heavy atom. The van der Waals surface area contributed by atoms with E-state index in [0.717, 1.165) is 11.2 Å². The molecule has 0 aliphatic carbocycles. The monoisotopic (exact) mass is 272 g/mol. The molecule has 3 rings (SSSR count). The van der Waals surface area contributed by atoms with E-state index in [9.17, 15) is 4.39 Å². The third-order valence-corrected chi connectivity index (χ3v) is 3.99. The van der Waals surface area contributed by atoms with Gasteiger partial charge in [-0.2, -0.15) is 0 Å². The number of hydrogen-bond donors (Lipinski definition) is 1. The Kier molecular flexibility index (Phi) is 3.17. The topological polar surface area (TPSA) is 24.9 Å². The summed E-state index contributed by atoms with van der Waals surface area (Å²) in [6, 6.07) is 10.7. The van der Waals surface area contributed by atoms with E-state index in [4.69, 9.17) is 0 Å². The first-order valence-corrected chi connectivity index (χ1v) is 6.97. The van der Waals surface area contributed by atoms with Gasteiger partial charge in [-0.15, -0.1) is 11.3 Å². The van der Waals surface area contributed by atoms with Crippen LogP contribution in [0.25, 0.3) is 10.1 Å². The number of halogens is 1. The van der Waals surface area contributed by atoms with Gasteiger partial charge in [-0.1, -0.05) is 18.2 Å². The molecule has 0 bridgehead atoms. The van der Waals surface area contributed by atoms with Gasteiger partial charge in [0.25, 0.3) is 0 Å². The van der Waals surface area contributed by atoms with Gasteiger partial charge in [0, 0.05) is 21.8 Å². The highest BCUT2D eigenvalue weighted by Gasteiger charge is 2.12. The Morgan fingerprint density at radius 2 is 2.05 bits per heavy atom. The second-order valence-corrected chi connectivity index (χ2v) is 5.33. The van der Waals surface area contributed by atoms with E-state index in [1.165, 1.54) is 10.8 Å². The molecule has 0 amide bonds. The zero-order valence-electron chi connectivity index (χ0n) is 10.4. The summed E-state index contributed by atoms with van der Waals surface area (Å²) in [5.74, 6) is 0.606. The van der Waals surface area contributed by atoms with Crippen molar-refractivity contribution in [2.45, 2.75) is 13.0 Å². The number of aromatic nitrogens is 1. The standard InChI is InChI=1S/C15H13FN2S/c1-10(11-4-2-3-5-13(11)16)18-15-12-7-9-19-14(12)6-8-17-15/h2-10H,1H3,(H,17,18). The first-order valence-electron chi connectivity index (χ1n) is 6.09. The van der Waals surface area contributed by atoms with Crippen molar-refractivity contribution in [3.8, 4) is 0 Å². The summed E-state index contributed by atoms with van der Waals surface area (Å²) in [5, 5.41) is 6.40. The Morgan fingerprint density at radius 3 is 2.89 bits per heavy atom. The molecule has 0 spiro atoms. The third-order valence-electron chi connectivity index (χ3n) is 3.10. The molecule has 0 fully saturated rings. The highest BCUT2D eigenvalue weighted by Crippen LogP contribution is 2.28. The number of pyridine rings is 1. The SMILES string of the molecule is CC(Nc1nccc2sccc12)c1ccccc1F. The van der Waals surface area contributed by atoms with Gasteiger partial charge in [0.15, 0.2) is 0 Å². The van der Waals surface area contributed by atoms with Gasteiger partial charge < -0.3 is 5.32 Å². The number of thiophene rings is 1. The summed E-state index contributed by atoms with van der Waals surface area (Å²) in [6.07, 6.45) is 1.77. The number of hydrogen-bond acceptors (Lipinski definition) is 3. The van der Waals surface area contributed by atoms with Crippen LogP contribution in [-0.4, -0.2) is 4.98 Å². The van der Waals surface area contributed by atoms with Crippen LogP contribution in [0.15, 0.2) is 48.0 Å². The second kappa shape index (κ2) is 4.97.